The summed E-state index contributed by atoms with van der Waals surface area (Å²) in [6, 6.07) is 8.69. The fourth-order valence-corrected chi connectivity index (χ4v) is 2.38. The molecule has 0 amide bonds. The van der Waals surface area contributed by atoms with Gasteiger partial charge in [0.1, 0.15) is 24.0 Å². The van der Waals surface area contributed by atoms with Crippen LogP contribution in [-0.4, -0.2) is 33.0 Å². The Labute approximate surface area is 172 Å². The van der Waals surface area contributed by atoms with Gasteiger partial charge >= 0.3 is 0 Å². The van der Waals surface area contributed by atoms with Gasteiger partial charge in [-0.25, -0.2) is 8.78 Å². The summed E-state index contributed by atoms with van der Waals surface area (Å²) in [4.78, 5) is 4.03. The number of hydrogen-bond acceptors (Lipinski definition) is 4. The van der Waals surface area contributed by atoms with Crippen LogP contribution in [0.1, 0.15) is 5.56 Å². The lowest BCUT2D eigenvalue weighted by Gasteiger charge is -2.13. The normalized spacial score (nSPS) is 12.3. The van der Waals surface area contributed by atoms with E-state index in [1.807, 2.05) is 0 Å². The molecule has 3 rings (SSSR count). The molecule has 0 atom stereocenters. The van der Waals surface area contributed by atoms with Crippen molar-refractivity contribution < 1.29 is 23.0 Å². The van der Waals surface area contributed by atoms with Gasteiger partial charge < -0.3 is 24.8 Å². The van der Waals surface area contributed by atoms with Crippen LogP contribution in [-0.2, 0) is 6.54 Å². The van der Waals surface area contributed by atoms with E-state index in [4.69, 9.17) is 14.2 Å². The lowest BCUT2D eigenvalue weighted by molar-refractivity contribution is 0.173. The van der Waals surface area contributed by atoms with Gasteiger partial charge in [-0.1, -0.05) is 0 Å². The Kier molecular flexibility index (Phi) is 7.89. The lowest BCUT2D eigenvalue weighted by Crippen LogP contribution is -2.39. The van der Waals surface area contributed by atoms with E-state index < -0.39 is 11.6 Å². The maximum atomic E-state index is 13.6. The van der Waals surface area contributed by atoms with Crippen molar-refractivity contribution in [1.82, 2.24) is 10.6 Å². The molecule has 0 radical (unpaired) electrons. The van der Waals surface area contributed by atoms with Crippen molar-refractivity contribution in [3.63, 3.8) is 0 Å². The molecule has 1 aliphatic rings. The van der Waals surface area contributed by atoms with Crippen LogP contribution in [0, 0.1) is 11.6 Å². The van der Waals surface area contributed by atoms with Crippen LogP contribution in [0.5, 0.6) is 17.2 Å². The average molecular weight is 491 g/mol. The summed E-state index contributed by atoms with van der Waals surface area (Å²) in [5.41, 5.74) is 0.226. The number of rotatable bonds is 6. The van der Waals surface area contributed by atoms with Crippen molar-refractivity contribution in [2.24, 2.45) is 4.99 Å². The molecule has 2 aromatic carbocycles. The predicted molar refractivity (Wildman–Crippen MR) is 108 cm³/mol. The van der Waals surface area contributed by atoms with Crippen LogP contribution >= 0.6 is 24.0 Å². The molecule has 0 bridgehead atoms. The Bertz CT molecular complexity index is 805. The van der Waals surface area contributed by atoms with Crippen molar-refractivity contribution in [3.05, 3.63) is 53.6 Å². The molecule has 1 aliphatic heterocycles. The molecule has 0 spiro atoms. The zero-order valence-electron chi connectivity index (χ0n) is 14.6. The van der Waals surface area contributed by atoms with Gasteiger partial charge in [0.15, 0.2) is 17.5 Å². The molecule has 1 heterocycles. The molecule has 2 N–H and O–H groups in total. The molecule has 0 unspecified atom stereocenters. The summed E-state index contributed by atoms with van der Waals surface area (Å²) in [5, 5.41) is 5.96. The van der Waals surface area contributed by atoms with Crippen molar-refractivity contribution in [2.75, 3.05) is 27.0 Å². The third kappa shape index (κ3) is 5.84. The van der Waals surface area contributed by atoms with Crippen LogP contribution in [0.4, 0.5) is 8.78 Å². The fourth-order valence-electron chi connectivity index (χ4n) is 2.38. The van der Waals surface area contributed by atoms with E-state index in [1.165, 1.54) is 0 Å². The molecule has 0 aliphatic carbocycles. The molecule has 0 saturated carbocycles. The van der Waals surface area contributed by atoms with Gasteiger partial charge in [0.2, 0.25) is 6.79 Å². The third-order valence-corrected chi connectivity index (χ3v) is 3.68. The van der Waals surface area contributed by atoms with Crippen molar-refractivity contribution in [2.45, 2.75) is 6.54 Å². The topological polar surface area (TPSA) is 64.1 Å². The molecule has 2 aromatic rings. The highest BCUT2D eigenvalue weighted by Crippen LogP contribution is 2.34. The summed E-state index contributed by atoms with van der Waals surface area (Å²) in [5.74, 6) is 1.53. The molecule has 9 heteroatoms. The van der Waals surface area contributed by atoms with Gasteiger partial charge in [-0.05, 0) is 30.3 Å². The predicted octanol–water partition coefficient (Wildman–Crippen LogP) is 3.06. The van der Waals surface area contributed by atoms with Crippen LogP contribution in [0.15, 0.2) is 41.4 Å². The molecule has 0 saturated heterocycles. The highest BCUT2D eigenvalue weighted by Gasteiger charge is 2.13. The molecular weight excluding hydrogens is 471 g/mol. The molecule has 146 valence electrons. The first-order chi connectivity index (χ1) is 12.7. The zero-order chi connectivity index (χ0) is 18.4. The maximum absolute atomic E-state index is 13.6. The minimum absolute atomic E-state index is 0. The first kappa shape index (κ1) is 21.0. The summed E-state index contributed by atoms with van der Waals surface area (Å²) in [6.45, 7) is 1.19. The summed E-state index contributed by atoms with van der Waals surface area (Å²) < 4.78 is 42.9. The Morgan fingerprint density at radius 1 is 1.11 bits per heavy atom. The van der Waals surface area contributed by atoms with E-state index in [0.717, 1.165) is 18.2 Å². The second-order valence-corrected chi connectivity index (χ2v) is 5.45. The Morgan fingerprint density at radius 3 is 2.74 bits per heavy atom. The minimum Gasteiger partial charge on any atom is -0.492 e. The maximum Gasteiger partial charge on any atom is 0.231 e. The van der Waals surface area contributed by atoms with E-state index in [2.05, 4.69) is 15.6 Å². The SMILES string of the molecule is CN=C(NCCOc1ccc2c(c1)OCO2)NCc1cc(F)ccc1F.I. The fraction of sp³-hybridized carbons (Fsp3) is 0.278. The van der Waals surface area contributed by atoms with E-state index in [1.54, 1.807) is 25.2 Å². The monoisotopic (exact) mass is 491 g/mol. The van der Waals surface area contributed by atoms with E-state index >= 15 is 0 Å². The number of nitrogens with zero attached hydrogens (tertiary/aromatic N) is 1. The van der Waals surface area contributed by atoms with Crippen molar-refractivity contribution in [1.29, 1.82) is 0 Å². The summed E-state index contributed by atoms with van der Waals surface area (Å²) in [6.07, 6.45) is 0. The zero-order valence-corrected chi connectivity index (χ0v) is 17.0. The van der Waals surface area contributed by atoms with Gasteiger partial charge in [0, 0.05) is 25.2 Å². The van der Waals surface area contributed by atoms with Crippen LogP contribution in [0.2, 0.25) is 0 Å². The van der Waals surface area contributed by atoms with E-state index in [9.17, 15) is 8.78 Å². The number of halogens is 3. The summed E-state index contributed by atoms with van der Waals surface area (Å²) >= 11 is 0. The van der Waals surface area contributed by atoms with Gasteiger partial charge in [0.05, 0.1) is 6.54 Å². The highest BCUT2D eigenvalue weighted by atomic mass is 127. The van der Waals surface area contributed by atoms with Crippen LogP contribution < -0.4 is 24.8 Å². The molecular formula is C18H20F2IN3O3. The van der Waals surface area contributed by atoms with Crippen LogP contribution in [0.3, 0.4) is 0 Å². The Hall–Kier alpha value is -2.30. The number of hydrogen-bond donors (Lipinski definition) is 2. The lowest BCUT2D eigenvalue weighted by atomic mass is 10.2. The Morgan fingerprint density at radius 2 is 1.93 bits per heavy atom. The molecule has 6 nitrogen and oxygen atoms in total. The van der Waals surface area contributed by atoms with Crippen LogP contribution in [0.25, 0.3) is 0 Å². The number of benzene rings is 2. The summed E-state index contributed by atoms with van der Waals surface area (Å²) in [7, 11) is 1.59. The Balaban J connectivity index is 0.00000261. The number of ether oxygens (including phenoxy) is 3. The van der Waals surface area contributed by atoms with Gasteiger partial charge in [0.25, 0.3) is 0 Å². The first-order valence-corrected chi connectivity index (χ1v) is 8.06. The molecule has 0 aromatic heterocycles. The van der Waals surface area contributed by atoms with E-state index in [0.29, 0.717) is 36.4 Å². The highest BCUT2D eigenvalue weighted by molar-refractivity contribution is 14.0. The van der Waals surface area contributed by atoms with Gasteiger partial charge in [-0.15, -0.1) is 24.0 Å². The number of guanidine groups is 1. The number of fused-ring (bicyclic) bond motifs is 1. The van der Waals surface area contributed by atoms with E-state index in [-0.39, 0.29) is 42.9 Å². The minimum atomic E-state index is -0.483. The van der Waals surface area contributed by atoms with Crippen molar-refractivity contribution in [3.8, 4) is 17.2 Å². The standard InChI is InChI=1S/C18H19F2N3O3.HI/c1-21-18(23-10-12-8-13(19)2-4-15(12)20)22-6-7-24-14-3-5-16-17(9-14)26-11-25-16;/h2-5,8-9H,6-7,10-11H2,1H3,(H2,21,22,23);1H. The second-order valence-electron chi connectivity index (χ2n) is 5.45. The quantitative estimate of drug-likeness (QED) is 0.282. The average Bonchev–Trinajstić information content (AvgIpc) is 3.11. The largest absolute Gasteiger partial charge is 0.492 e. The van der Waals surface area contributed by atoms with Gasteiger partial charge in [-0.2, -0.15) is 0 Å². The van der Waals surface area contributed by atoms with Gasteiger partial charge in [-0.3, -0.25) is 4.99 Å². The third-order valence-electron chi connectivity index (χ3n) is 3.68. The first-order valence-electron chi connectivity index (χ1n) is 8.06. The molecule has 0 fully saturated rings. The molecule has 27 heavy (non-hydrogen) atoms. The number of aliphatic imine (C=N–C) groups is 1. The van der Waals surface area contributed by atoms with Crippen molar-refractivity contribution >= 4 is 29.9 Å². The number of nitrogens with one attached hydrogen (secondary N) is 2. The smallest absolute Gasteiger partial charge is 0.231 e. The second kappa shape index (κ2) is 10.1.